The summed E-state index contributed by atoms with van der Waals surface area (Å²) in [6.07, 6.45) is 7.46. The number of hydrogen-bond donors (Lipinski definition) is 0. The van der Waals surface area contributed by atoms with Crippen LogP contribution in [-0.4, -0.2) is 17.2 Å². The molecule has 0 fully saturated rings. The minimum Gasteiger partial charge on any atom is -0.326 e. The lowest BCUT2D eigenvalue weighted by Crippen LogP contribution is -2.07. The van der Waals surface area contributed by atoms with Gasteiger partial charge in [-0.05, 0) is 49.7 Å². The Morgan fingerprint density at radius 1 is 0.931 bits per heavy atom. The molecule has 1 unspecified atom stereocenters. The Hall–Kier alpha value is -3.26. The van der Waals surface area contributed by atoms with E-state index in [0.29, 0.717) is 6.54 Å². The number of fused-ring (bicyclic) bond motifs is 3. The molecule has 3 rings (SSSR count). The lowest BCUT2D eigenvalue weighted by Gasteiger charge is -2.16. The van der Waals surface area contributed by atoms with Gasteiger partial charge in [0.15, 0.2) is 0 Å². The largest absolute Gasteiger partial charge is 0.326 e. The van der Waals surface area contributed by atoms with E-state index in [4.69, 9.17) is 0 Å². The molecule has 1 atom stereocenters. The molecule has 1 heterocycles. The monoisotopic (exact) mass is 382 g/mol. The molecular formula is C26H26N2O. The van der Waals surface area contributed by atoms with Crippen LogP contribution in [0.2, 0.25) is 0 Å². The highest BCUT2D eigenvalue weighted by molar-refractivity contribution is 6.08. The topological polar surface area (TPSA) is 34.4 Å². The number of para-hydroxylation sites is 2. The molecule has 3 aromatic rings. The summed E-state index contributed by atoms with van der Waals surface area (Å²) in [7, 11) is 0. The molecule has 0 saturated heterocycles. The first-order chi connectivity index (χ1) is 14.4. The quantitative estimate of drug-likeness (QED) is 0.202. The zero-order valence-corrected chi connectivity index (χ0v) is 16.9. The number of unbranched alkanes of at least 4 members (excludes halogenated alkanes) is 3. The molecule has 3 heteroatoms. The smallest absolute Gasteiger partial charge is 0.234 e. The first kappa shape index (κ1) is 20.5. The molecule has 0 saturated carbocycles. The zero-order chi connectivity index (χ0) is 20.3. The Balaban J connectivity index is 1.97. The van der Waals surface area contributed by atoms with Crippen molar-refractivity contribution in [1.29, 1.82) is 0 Å². The molecule has 2 aromatic carbocycles. The summed E-state index contributed by atoms with van der Waals surface area (Å²) in [4.78, 5) is 14.0. The predicted molar refractivity (Wildman–Crippen MR) is 120 cm³/mol. The highest BCUT2D eigenvalue weighted by Gasteiger charge is 2.16. The van der Waals surface area contributed by atoms with Crippen LogP contribution in [0.25, 0.3) is 21.8 Å². The van der Waals surface area contributed by atoms with Gasteiger partial charge in [-0.25, -0.2) is 9.79 Å². The Kier molecular flexibility index (Phi) is 7.71. The van der Waals surface area contributed by atoms with Gasteiger partial charge < -0.3 is 4.57 Å². The average molecular weight is 383 g/mol. The van der Waals surface area contributed by atoms with Crippen molar-refractivity contribution in [3.63, 3.8) is 0 Å². The van der Waals surface area contributed by atoms with Crippen molar-refractivity contribution in [3.05, 3.63) is 48.5 Å². The maximum Gasteiger partial charge on any atom is 0.234 e. The zero-order valence-electron chi connectivity index (χ0n) is 16.9. The fourth-order valence-electron chi connectivity index (χ4n) is 3.62. The molecule has 3 nitrogen and oxygen atoms in total. The maximum absolute atomic E-state index is 10.3. The van der Waals surface area contributed by atoms with Crippen LogP contribution in [0.4, 0.5) is 0 Å². The normalized spacial score (nSPS) is 11.2. The molecule has 146 valence electrons. The van der Waals surface area contributed by atoms with Crippen LogP contribution in [0.15, 0.2) is 53.5 Å². The third-order valence-electron chi connectivity index (χ3n) is 5.04. The fourth-order valence-corrected chi connectivity index (χ4v) is 3.62. The van der Waals surface area contributed by atoms with Gasteiger partial charge >= 0.3 is 0 Å². The molecule has 0 radical (unpaired) electrons. The molecule has 0 aliphatic heterocycles. The van der Waals surface area contributed by atoms with Crippen LogP contribution >= 0.6 is 0 Å². The fraction of sp³-hybridized carbons (Fsp3) is 0.346. The van der Waals surface area contributed by atoms with Crippen LogP contribution in [0, 0.1) is 23.7 Å². The van der Waals surface area contributed by atoms with Gasteiger partial charge in [-0.3, -0.25) is 0 Å². The van der Waals surface area contributed by atoms with Crippen molar-refractivity contribution >= 4 is 27.9 Å². The summed E-state index contributed by atoms with van der Waals surface area (Å²) in [6.45, 7) is 2.69. The van der Waals surface area contributed by atoms with Crippen molar-refractivity contribution in [2.45, 2.75) is 51.5 Å². The summed E-state index contributed by atoms with van der Waals surface area (Å²) in [5, 5.41) is 2.49. The Morgan fingerprint density at radius 3 is 2.28 bits per heavy atom. The van der Waals surface area contributed by atoms with Crippen LogP contribution in [0.3, 0.4) is 0 Å². The number of carbonyl (C=O) groups excluding carboxylic acids is 1. The van der Waals surface area contributed by atoms with Gasteiger partial charge in [0.2, 0.25) is 6.08 Å². The average Bonchev–Trinajstić information content (AvgIpc) is 3.09. The molecule has 0 amide bonds. The maximum atomic E-state index is 10.3. The number of hydrogen-bond acceptors (Lipinski definition) is 2. The summed E-state index contributed by atoms with van der Waals surface area (Å²) in [5.41, 5.74) is 2.38. The third-order valence-corrected chi connectivity index (χ3v) is 5.04. The van der Waals surface area contributed by atoms with E-state index in [0.717, 1.165) is 38.5 Å². The molecule has 0 spiro atoms. The highest BCUT2D eigenvalue weighted by atomic mass is 16.1. The molecule has 29 heavy (non-hydrogen) atoms. The van der Waals surface area contributed by atoms with Gasteiger partial charge in [0.1, 0.15) is 0 Å². The minimum atomic E-state index is 0.0282. The van der Waals surface area contributed by atoms with E-state index in [1.54, 1.807) is 6.08 Å². The van der Waals surface area contributed by atoms with Crippen molar-refractivity contribution in [3.8, 4) is 23.7 Å². The second-order valence-corrected chi connectivity index (χ2v) is 7.06. The molecule has 0 aliphatic rings. The van der Waals surface area contributed by atoms with Crippen molar-refractivity contribution in [1.82, 2.24) is 4.57 Å². The number of aliphatic imine (C=N–C) groups is 1. The van der Waals surface area contributed by atoms with Gasteiger partial charge in [-0.2, -0.15) is 0 Å². The second kappa shape index (κ2) is 10.9. The summed E-state index contributed by atoms with van der Waals surface area (Å²) in [6, 6.07) is 17.0. The Labute approximate surface area is 172 Å². The SMILES string of the molecule is CCCCC#CC#CC(CCCCN=C=O)n1c2ccccc2c2ccccc21. The summed E-state index contributed by atoms with van der Waals surface area (Å²) >= 11 is 0. The van der Waals surface area contributed by atoms with Gasteiger partial charge in [0.05, 0.1) is 23.6 Å². The summed E-state index contributed by atoms with van der Waals surface area (Å²) < 4.78 is 2.34. The molecule has 0 aliphatic carbocycles. The molecular weight excluding hydrogens is 356 g/mol. The lowest BCUT2D eigenvalue weighted by atomic mass is 10.1. The van der Waals surface area contributed by atoms with Crippen LogP contribution in [0.1, 0.15) is 51.5 Å². The minimum absolute atomic E-state index is 0.0282. The highest BCUT2D eigenvalue weighted by Crippen LogP contribution is 2.33. The van der Waals surface area contributed by atoms with Gasteiger partial charge in [0, 0.05) is 17.2 Å². The predicted octanol–water partition coefficient (Wildman–Crippen LogP) is 6.04. The first-order valence-corrected chi connectivity index (χ1v) is 10.4. The number of rotatable bonds is 8. The van der Waals surface area contributed by atoms with Crippen molar-refractivity contribution in [2.24, 2.45) is 4.99 Å². The Morgan fingerprint density at radius 2 is 1.62 bits per heavy atom. The van der Waals surface area contributed by atoms with Crippen molar-refractivity contribution in [2.75, 3.05) is 6.54 Å². The first-order valence-electron chi connectivity index (χ1n) is 10.4. The van der Waals surface area contributed by atoms with E-state index in [1.807, 2.05) is 0 Å². The van der Waals surface area contributed by atoms with E-state index >= 15 is 0 Å². The second-order valence-electron chi connectivity index (χ2n) is 7.06. The van der Waals surface area contributed by atoms with E-state index < -0.39 is 0 Å². The van der Waals surface area contributed by atoms with Gasteiger partial charge in [-0.15, -0.1) is 0 Å². The number of benzene rings is 2. The van der Waals surface area contributed by atoms with Crippen LogP contribution in [0.5, 0.6) is 0 Å². The Bertz CT molecular complexity index is 1070. The van der Waals surface area contributed by atoms with E-state index in [-0.39, 0.29) is 6.04 Å². The number of isocyanates is 1. The van der Waals surface area contributed by atoms with Crippen LogP contribution in [-0.2, 0) is 4.79 Å². The lowest BCUT2D eigenvalue weighted by molar-refractivity contribution is 0.551. The number of aromatic nitrogens is 1. The number of nitrogens with zero attached hydrogens (tertiary/aromatic N) is 2. The summed E-state index contributed by atoms with van der Waals surface area (Å²) in [5.74, 6) is 12.7. The van der Waals surface area contributed by atoms with E-state index in [2.05, 4.69) is 88.7 Å². The third kappa shape index (κ3) is 5.17. The molecule has 1 aromatic heterocycles. The van der Waals surface area contributed by atoms with Gasteiger partial charge in [-0.1, -0.05) is 61.6 Å². The van der Waals surface area contributed by atoms with Crippen molar-refractivity contribution < 1.29 is 4.79 Å². The molecule has 0 bridgehead atoms. The van der Waals surface area contributed by atoms with Gasteiger partial charge in [0.25, 0.3) is 0 Å². The van der Waals surface area contributed by atoms with Crippen LogP contribution < -0.4 is 0 Å². The van der Waals surface area contributed by atoms with E-state index in [1.165, 1.54) is 21.8 Å². The molecule has 0 N–H and O–H groups in total. The van der Waals surface area contributed by atoms with E-state index in [9.17, 15) is 4.79 Å². The standard InChI is InChI=1S/C26H26N2O/c1-2-3-4-5-6-7-14-22(15-12-13-20-27-21-29)28-25-18-10-8-16-23(25)24-17-9-11-19-26(24)28/h8-11,16-19,22H,2-4,12-13,15,20H2,1H3.